The number of thiazole rings is 1. The lowest BCUT2D eigenvalue weighted by Gasteiger charge is -2.28. The van der Waals surface area contributed by atoms with E-state index in [9.17, 15) is 8.68 Å². The van der Waals surface area contributed by atoms with Crippen LogP contribution in [0.1, 0.15) is 57.4 Å². The molecule has 0 unspecified atom stereocenters. The van der Waals surface area contributed by atoms with Crippen LogP contribution in [0.4, 0.5) is 20.3 Å². The number of aromatic nitrogens is 4. The molecule has 1 aromatic carbocycles. The van der Waals surface area contributed by atoms with Crippen LogP contribution in [0, 0.1) is 0 Å². The number of hydrogen-bond donors (Lipinski definition) is 3. The van der Waals surface area contributed by atoms with Crippen molar-refractivity contribution in [1.29, 1.82) is 0 Å². The molecule has 0 bridgehead atoms. The van der Waals surface area contributed by atoms with Gasteiger partial charge in [-0.15, -0.1) is 25.4 Å². The van der Waals surface area contributed by atoms with E-state index in [1.807, 2.05) is 45.2 Å². The van der Waals surface area contributed by atoms with E-state index in [0.29, 0.717) is 11.9 Å². The fourth-order valence-corrected chi connectivity index (χ4v) is 6.21. The Morgan fingerprint density at radius 1 is 1.31 bits per heavy atom. The Morgan fingerprint density at radius 2 is 2.11 bits per heavy atom. The van der Waals surface area contributed by atoms with Gasteiger partial charge < -0.3 is 15.4 Å². The average Bonchev–Trinajstić information content (AvgIpc) is 3.52. The smallest absolute Gasteiger partial charge is 0.407 e. The number of nitrogens with one attached hydrogen (secondary N) is 3. The quantitative estimate of drug-likeness (QED) is 0.250. The highest BCUT2D eigenvalue weighted by atomic mass is 32.2. The lowest BCUT2D eigenvalue weighted by atomic mass is 9.86. The normalized spacial score (nSPS) is 17.8. The highest BCUT2D eigenvalue weighted by Gasteiger charge is 2.26. The van der Waals surface area contributed by atoms with Crippen LogP contribution in [0.15, 0.2) is 35.6 Å². The van der Waals surface area contributed by atoms with E-state index in [1.54, 1.807) is 23.3 Å². The summed E-state index contributed by atoms with van der Waals surface area (Å²) in [4.78, 5) is 18.8. The Hall–Kier alpha value is -2.35. The molecular weight excluding hydrogens is 521 g/mol. The van der Waals surface area contributed by atoms with Crippen LogP contribution in [0.5, 0.6) is 0 Å². The van der Waals surface area contributed by atoms with Crippen molar-refractivity contribution in [1.82, 2.24) is 29.2 Å². The summed E-state index contributed by atoms with van der Waals surface area (Å²) in [5.41, 5.74) is 1.87. The van der Waals surface area contributed by atoms with Gasteiger partial charge >= 0.3 is 6.09 Å². The van der Waals surface area contributed by atoms with Crippen LogP contribution in [0.3, 0.4) is 0 Å². The summed E-state index contributed by atoms with van der Waals surface area (Å²) >= 11 is 3.30. The van der Waals surface area contributed by atoms with Gasteiger partial charge in [0.1, 0.15) is 6.33 Å². The molecule has 9 nitrogen and oxygen atoms in total. The minimum atomic E-state index is -0.336. The van der Waals surface area contributed by atoms with Crippen molar-refractivity contribution in [3.8, 4) is 10.4 Å². The summed E-state index contributed by atoms with van der Waals surface area (Å²) in [5, 5.41) is 14.9. The molecule has 0 aliphatic heterocycles. The number of nitrogens with zero attached hydrogens (tertiary/aromatic N) is 4. The molecule has 1 aliphatic carbocycles. The minimum absolute atomic E-state index is 0.0388. The number of carbonyl (C=O) groups excluding carboxylic acids is 1. The van der Waals surface area contributed by atoms with Gasteiger partial charge in [0.15, 0.2) is 12.3 Å². The second-order valence-corrected chi connectivity index (χ2v) is 11.2. The molecule has 3 aromatic rings. The van der Waals surface area contributed by atoms with E-state index in [2.05, 4.69) is 25.6 Å². The molecule has 13 heteroatoms. The van der Waals surface area contributed by atoms with Crippen LogP contribution in [-0.4, -0.2) is 43.9 Å². The van der Waals surface area contributed by atoms with Crippen molar-refractivity contribution in [2.75, 3.05) is 11.9 Å². The van der Waals surface area contributed by atoms with E-state index >= 15 is 0 Å². The fourth-order valence-electron chi connectivity index (χ4n) is 4.02. The molecule has 1 aliphatic rings. The molecule has 2 aromatic heterocycles. The number of ether oxygens (including phenoxy) is 1. The number of halogens is 1. The third-order valence-electron chi connectivity index (χ3n) is 5.69. The number of hydrogen-bond acceptors (Lipinski definition) is 10. The van der Waals surface area contributed by atoms with Gasteiger partial charge in [0.25, 0.3) is 0 Å². The number of amides is 1. The molecule has 1 fully saturated rings. The SMILES string of the molecule is CCNSc1cc(Nc2nncn2SF)ccc1-c1cnc(C2CCC(NC(=O)OC(C)C)CC2)s1. The van der Waals surface area contributed by atoms with E-state index in [-0.39, 0.29) is 30.6 Å². The lowest BCUT2D eigenvalue weighted by Crippen LogP contribution is -2.38. The van der Waals surface area contributed by atoms with E-state index in [1.165, 1.54) is 10.3 Å². The first-order valence-electron chi connectivity index (χ1n) is 11.9. The van der Waals surface area contributed by atoms with Gasteiger partial charge in [0, 0.05) is 40.8 Å². The standard InChI is InChI=1S/C23H30FN7O2S3/c1-4-27-35-19-11-17(28-22-30-26-13-31(22)36-24)9-10-18(19)20-12-25-21(34-20)15-5-7-16(8-6-15)29-23(32)33-14(2)3/h9-16,27H,4-8H2,1-3H3,(H,28,30)(H,29,32). The summed E-state index contributed by atoms with van der Waals surface area (Å²) in [7, 11) is 0. The zero-order valence-corrected chi connectivity index (χ0v) is 22.8. The molecule has 0 atom stereocenters. The largest absolute Gasteiger partial charge is 0.447 e. The average molecular weight is 552 g/mol. The first kappa shape index (κ1) is 26.7. The van der Waals surface area contributed by atoms with Gasteiger partial charge in [-0.3, -0.25) is 4.72 Å². The maximum absolute atomic E-state index is 13.0. The summed E-state index contributed by atoms with van der Waals surface area (Å²) in [5.74, 6) is 0.704. The molecule has 0 saturated heterocycles. The molecule has 0 radical (unpaired) electrons. The van der Waals surface area contributed by atoms with Gasteiger partial charge in [0.2, 0.25) is 5.95 Å². The van der Waals surface area contributed by atoms with Gasteiger partial charge in [0.05, 0.1) is 16.0 Å². The van der Waals surface area contributed by atoms with E-state index in [0.717, 1.165) is 58.3 Å². The molecule has 3 N–H and O–H groups in total. The monoisotopic (exact) mass is 551 g/mol. The summed E-state index contributed by atoms with van der Waals surface area (Å²) in [6.07, 6.45) is 6.59. The summed E-state index contributed by atoms with van der Waals surface area (Å²) < 4.78 is 22.8. The number of benzene rings is 1. The van der Waals surface area contributed by atoms with E-state index < -0.39 is 0 Å². The van der Waals surface area contributed by atoms with Crippen molar-refractivity contribution in [2.24, 2.45) is 0 Å². The van der Waals surface area contributed by atoms with Crippen LogP contribution in [-0.2, 0) is 4.74 Å². The highest BCUT2D eigenvalue weighted by Crippen LogP contribution is 2.40. The number of alkyl carbamates (subject to hydrolysis) is 1. The Kier molecular flexibility index (Phi) is 9.46. The first-order chi connectivity index (χ1) is 17.5. The number of rotatable bonds is 10. The highest BCUT2D eigenvalue weighted by molar-refractivity contribution is 7.97. The number of anilines is 2. The Bertz CT molecular complexity index is 1150. The van der Waals surface area contributed by atoms with Gasteiger partial charge in [-0.1, -0.05) is 13.0 Å². The van der Waals surface area contributed by atoms with Crippen molar-refractivity contribution in [3.05, 3.63) is 35.7 Å². The van der Waals surface area contributed by atoms with Gasteiger partial charge in [-0.2, -0.15) is 0 Å². The second kappa shape index (κ2) is 12.7. The predicted octanol–water partition coefficient (Wildman–Crippen LogP) is 6.30. The van der Waals surface area contributed by atoms with Crippen LogP contribution >= 0.6 is 35.6 Å². The fraction of sp³-hybridized carbons (Fsp3) is 0.478. The lowest BCUT2D eigenvalue weighted by molar-refractivity contribution is 0.109. The minimum Gasteiger partial charge on any atom is -0.447 e. The zero-order valence-electron chi connectivity index (χ0n) is 20.4. The molecule has 2 heterocycles. The van der Waals surface area contributed by atoms with E-state index in [4.69, 9.17) is 9.72 Å². The Balaban J connectivity index is 1.44. The molecular formula is C23H30FN7O2S3. The van der Waals surface area contributed by atoms with Crippen LogP contribution in [0.25, 0.3) is 10.4 Å². The Morgan fingerprint density at radius 3 is 2.83 bits per heavy atom. The van der Waals surface area contributed by atoms with Gasteiger partial charge in [-0.25, -0.2) is 13.8 Å². The predicted molar refractivity (Wildman–Crippen MR) is 144 cm³/mol. The molecule has 4 rings (SSSR count). The van der Waals surface area contributed by atoms with Gasteiger partial charge in [-0.05, 0) is 63.6 Å². The molecule has 194 valence electrons. The van der Waals surface area contributed by atoms with Crippen molar-refractivity contribution < 1.29 is 13.4 Å². The third-order valence-corrected chi connectivity index (χ3v) is 8.29. The topological polar surface area (TPSA) is 106 Å². The van der Waals surface area contributed by atoms with Crippen molar-refractivity contribution in [3.63, 3.8) is 0 Å². The molecule has 1 amide bonds. The maximum Gasteiger partial charge on any atom is 0.407 e. The molecule has 1 saturated carbocycles. The van der Waals surface area contributed by atoms with Crippen LogP contribution < -0.4 is 15.4 Å². The molecule has 36 heavy (non-hydrogen) atoms. The third kappa shape index (κ3) is 6.90. The summed E-state index contributed by atoms with van der Waals surface area (Å²) in [6, 6.07) is 6.15. The Labute approximate surface area is 223 Å². The first-order valence-corrected chi connectivity index (χ1v) is 14.2. The number of carbonyl (C=O) groups is 1. The van der Waals surface area contributed by atoms with Crippen molar-refractivity contribution >= 4 is 53.3 Å². The zero-order chi connectivity index (χ0) is 25.5. The maximum atomic E-state index is 13.0. The van der Waals surface area contributed by atoms with Crippen molar-refractivity contribution in [2.45, 2.75) is 69.4 Å². The second-order valence-electron chi connectivity index (χ2n) is 8.69. The summed E-state index contributed by atoms with van der Waals surface area (Å²) in [6.45, 7) is 6.56. The molecule has 0 spiro atoms. The van der Waals surface area contributed by atoms with Crippen LogP contribution in [0.2, 0.25) is 0 Å².